The predicted octanol–water partition coefficient (Wildman–Crippen LogP) is 2.37. The van der Waals surface area contributed by atoms with E-state index < -0.39 is 0 Å². The predicted molar refractivity (Wildman–Crippen MR) is 89.6 cm³/mol. The second-order valence-electron chi connectivity index (χ2n) is 6.88. The van der Waals surface area contributed by atoms with Crippen LogP contribution in [0.3, 0.4) is 0 Å². The van der Waals surface area contributed by atoms with Gasteiger partial charge in [-0.25, -0.2) is 9.97 Å². The number of rotatable bonds is 1. The van der Waals surface area contributed by atoms with Crippen molar-refractivity contribution in [3.8, 4) is 0 Å². The van der Waals surface area contributed by atoms with Crippen molar-refractivity contribution in [1.29, 1.82) is 0 Å². The maximum Gasteiger partial charge on any atom is 0.254 e. The molecule has 1 aliphatic carbocycles. The lowest BCUT2D eigenvalue weighted by molar-refractivity contribution is 0.00457. The molecule has 1 spiro atoms. The molecule has 1 aliphatic heterocycles. The van der Waals surface area contributed by atoms with Gasteiger partial charge in [0.25, 0.3) is 5.91 Å². The lowest BCUT2D eigenvalue weighted by Crippen LogP contribution is -2.57. The number of hydrogen-bond donors (Lipinski definition) is 1. The lowest BCUT2D eigenvalue weighted by Gasteiger charge is -2.52. The summed E-state index contributed by atoms with van der Waals surface area (Å²) in [7, 11) is 1.96. The number of imidazole rings is 2. The van der Waals surface area contributed by atoms with Crippen LogP contribution in [0, 0.1) is 0 Å². The van der Waals surface area contributed by atoms with Gasteiger partial charge in [-0.1, -0.05) is 0 Å². The van der Waals surface area contributed by atoms with Crippen LogP contribution in [-0.2, 0) is 19.0 Å². The maximum atomic E-state index is 13.2. The van der Waals surface area contributed by atoms with E-state index >= 15 is 0 Å². The highest BCUT2D eigenvalue weighted by molar-refractivity contribution is 5.98. The third-order valence-electron chi connectivity index (χ3n) is 5.66. The molecule has 0 bridgehead atoms. The van der Waals surface area contributed by atoms with Gasteiger partial charge in [-0.05, 0) is 37.5 Å². The number of fused-ring (bicyclic) bond motifs is 3. The average molecular weight is 321 g/mol. The first-order valence-electron chi connectivity index (χ1n) is 8.45. The zero-order valence-corrected chi connectivity index (χ0v) is 13.6. The number of nitrogens with one attached hydrogen (secondary N) is 1. The van der Waals surface area contributed by atoms with E-state index in [1.165, 1.54) is 5.69 Å². The Labute approximate surface area is 139 Å². The summed E-state index contributed by atoms with van der Waals surface area (Å²) in [5, 5.41) is 0. The summed E-state index contributed by atoms with van der Waals surface area (Å²) < 4.78 is 1.97. The Hall–Kier alpha value is -2.63. The van der Waals surface area contributed by atoms with E-state index in [0.717, 1.165) is 49.0 Å². The van der Waals surface area contributed by atoms with Crippen LogP contribution < -0.4 is 0 Å². The molecule has 6 heteroatoms. The van der Waals surface area contributed by atoms with Gasteiger partial charge >= 0.3 is 0 Å². The SMILES string of the molecule is Cn1cnc2cc(C(=O)N3CCc4[nH]cnc4C34CCC4)ccc21. The Morgan fingerprint density at radius 3 is 2.96 bits per heavy atom. The Kier molecular flexibility index (Phi) is 2.69. The molecule has 0 atom stereocenters. The van der Waals surface area contributed by atoms with Gasteiger partial charge in [0.15, 0.2) is 0 Å². The molecule has 2 aromatic heterocycles. The molecule has 1 fully saturated rings. The van der Waals surface area contributed by atoms with Gasteiger partial charge in [0.1, 0.15) is 0 Å². The topological polar surface area (TPSA) is 66.8 Å². The van der Waals surface area contributed by atoms with Crippen molar-refractivity contribution in [2.24, 2.45) is 7.05 Å². The average Bonchev–Trinajstić information content (AvgIpc) is 3.18. The lowest BCUT2D eigenvalue weighted by atomic mass is 9.70. The molecule has 3 aromatic rings. The monoisotopic (exact) mass is 321 g/mol. The van der Waals surface area contributed by atoms with E-state index in [1.807, 2.05) is 34.7 Å². The largest absolute Gasteiger partial charge is 0.348 e. The second-order valence-corrected chi connectivity index (χ2v) is 6.88. The summed E-state index contributed by atoms with van der Waals surface area (Å²) in [4.78, 5) is 27.5. The molecule has 2 aliphatic rings. The number of benzene rings is 1. The van der Waals surface area contributed by atoms with Crippen molar-refractivity contribution in [3.05, 3.63) is 47.8 Å². The molecular formula is C18H19N5O. The third kappa shape index (κ3) is 1.68. The van der Waals surface area contributed by atoms with Crippen LogP contribution in [-0.4, -0.2) is 36.9 Å². The third-order valence-corrected chi connectivity index (χ3v) is 5.66. The fraction of sp³-hybridized carbons (Fsp3) is 0.389. The van der Waals surface area contributed by atoms with Crippen molar-refractivity contribution in [2.45, 2.75) is 31.2 Å². The zero-order valence-electron chi connectivity index (χ0n) is 13.6. The number of H-pyrrole nitrogens is 1. The first-order chi connectivity index (χ1) is 11.7. The molecule has 1 aromatic carbocycles. The summed E-state index contributed by atoms with van der Waals surface area (Å²) >= 11 is 0. The van der Waals surface area contributed by atoms with E-state index in [1.54, 1.807) is 12.7 Å². The smallest absolute Gasteiger partial charge is 0.254 e. The molecule has 1 N–H and O–H groups in total. The summed E-state index contributed by atoms with van der Waals surface area (Å²) in [6.07, 6.45) is 7.54. The van der Waals surface area contributed by atoms with Crippen LogP contribution in [0.15, 0.2) is 30.9 Å². The number of carbonyl (C=O) groups excluding carboxylic acids is 1. The summed E-state index contributed by atoms with van der Waals surface area (Å²) in [6, 6.07) is 5.80. The number of aryl methyl sites for hydroxylation is 1. The molecule has 5 rings (SSSR count). The van der Waals surface area contributed by atoms with Gasteiger partial charge < -0.3 is 14.5 Å². The quantitative estimate of drug-likeness (QED) is 0.748. The van der Waals surface area contributed by atoms with Crippen LogP contribution in [0.2, 0.25) is 0 Å². The van der Waals surface area contributed by atoms with Crippen LogP contribution in [0.1, 0.15) is 41.0 Å². The number of carbonyl (C=O) groups is 1. The number of aromatic amines is 1. The van der Waals surface area contributed by atoms with Gasteiger partial charge in [-0.15, -0.1) is 0 Å². The second kappa shape index (κ2) is 4.69. The van der Waals surface area contributed by atoms with Crippen molar-refractivity contribution >= 4 is 16.9 Å². The Bertz CT molecular complexity index is 949. The first-order valence-corrected chi connectivity index (χ1v) is 8.45. The maximum absolute atomic E-state index is 13.2. The minimum absolute atomic E-state index is 0.0934. The normalized spacial score (nSPS) is 18.6. The van der Waals surface area contributed by atoms with Crippen molar-refractivity contribution in [3.63, 3.8) is 0 Å². The van der Waals surface area contributed by atoms with E-state index in [-0.39, 0.29) is 11.4 Å². The van der Waals surface area contributed by atoms with E-state index in [2.05, 4.69) is 15.0 Å². The van der Waals surface area contributed by atoms with E-state index in [4.69, 9.17) is 0 Å². The summed E-state index contributed by atoms with van der Waals surface area (Å²) in [5.74, 6) is 0.0934. The summed E-state index contributed by atoms with van der Waals surface area (Å²) in [6.45, 7) is 0.744. The highest BCUT2D eigenvalue weighted by Crippen LogP contribution is 2.49. The van der Waals surface area contributed by atoms with Gasteiger partial charge in [-0.3, -0.25) is 4.79 Å². The number of hydrogen-bond acceptors (Lipinski definition) is 3. The highest BCUT2D eigenvalue weighted by Gasteiger charge is 2.51. The minimum Gasteiger partial charge on any atom is -0.348 e. The molecule has 0 saturated heterocycles. The summed E-state index contributed by atoms with van der Waals surface area (Å²) in [5.41, 5.74) is 4.68. The first kappa shape index (κ1) is 13.8. The van der Waals surface area contributed by atoms with Crippen LogP contribution in [0.5, 0.6) is 0 Å². The van der Waals surface area contributed by atoms with Gasteiger partial charge in [-0.2, -0.15) is 0 Å². The standard InChI is InChI=1S/C18H19N5O/c1-22-11-21-14-9-12(3-4-15(14)22)17(24)23-8-5-13-16(20-10-19-13)18(23)6-2-7-18/h3-4,9-11H,2,5-8H2,1H3,(H,19,20). The molecule has 0 unspecified atom stereocenters. The van der Waals surface area contributed by atoms with Crippen LogP contribution >= 0.6 is 0 Å². The molecule has 1 saturated carbocycles. The fourth-order valence-electron chi connectivity index (χ4n) is 4.22. The van der Waals surface area contributed by atoms with Crippen molar-refractivity contribution < 1.29 is 4.79 Å². The van der Waals surface area contributed by atoms with E-state index in [0.29, 0.717) is 5.56 Å². The number of amides is 1. The van der Waals surface area contributed by atoms with Crippen LogP contribution in [0.4, 0.5) is 0 Å². The molecule has 122 valence electrons. The van der Waals surface area contributed by atoms with Gasteiger partial charge in [0.2, 0.25) is 0 Å². The molecule has 6 nitrogen and oxygen atoms in total. The van der Waals surface area contributed by atoms with Gasteiger partial charge in [0.05, 0.1) is 34.9 Å². The zero-order chi connectivity index (χ0) is 16.3. The highest BCUT2D eigenvalue weighted by atomic mass is 16.2. The minimum atomic E-state index is -0.205. The van der Waals surface area contributed by atoms with Crippen LogP contribution in [0.25, 0.3) is 11.0 Å². The molecule has 3 heterocycles. The molecule has 1 amide bonds. The Morgan fingerprint density at radius 1 is 1.29 bits per heavy atom. The molecular weight excluding hydrogens is 302 g/mol. The van der Waals surface area contributed by atoms with E-state index in [9.17, 15) is 4.79 Å². The Morgan fingerprint density at radius 2 is 2.17 bits per heavy atom. The molecule has 24 heavy (non-hydrogen) atoms. The van der Waals surface area contributed by atoms with Crippen molar-refractivity contribution in [1.82, 2.24) is 24.4 Å². The number of nitrogens with zero attached hydrogens (tertiary/aromatic N) is 4. The number of aromatic nitrogens is 4. The van der Waals surface area contributed by atoms with Crippen molar-refractivity contribution in [2.75, 3.05) is 6.54 Å². The Balaban J connectivity index is 1.56. The van der Waals surface area contributed by atoms with Gasteiger partial charge in [0, 0.05) is 31.3 Å². The fourth-order valence-corrected chi connectivity index (χ4v) is 4.22. The molecule has 0 radical (unpaired) electrons.